The minimum absolute atomic E-state index is 0.289. The first kappa shape index (κ1) is 16.8. The molecule has 1 aliphatic rings. The summed E-state index contributed by atoms with van der Waals surface area (Å²) >= 11 is 0. The molecule has 3 aromatic rings. The second-order valence-corrected chi connectivity index (χ2v) is 6.69. The molecule has 0 aliphatic carbocycles. The Morgan fingerprint density at radius 3 is 2.70 bits per heavy atom. The molecular weight excluding hydrogens is 346 g/mol. The number of aromatic nitrogens is 2. The SMILES string of the molecule is Cc1ccc2[nH]nc(C(=O)Nc3cccc(C4(C)NC(=O)NC4=O)c3)c2c1. The third-order valence-corrected chi connectivity index (χ3v) is 4.68. The van der Waals surface area contributed by atoms with Gasteiger partial charge in [0.1, 0.15) is 5.54 Å². The molecule has 1 unspecified atom stereocenters. The standard InChI is InChI=1S/C19H17N5O3/c1-10-6-7-14-13(8-10)15(24-23-14)16(25)20-12-5-3-4-11(9-12)19(2)17(26)21-18(27)22-19/h3-9H,1-2H3,(H,20,25)(H,23,24)(H2,21,22,26,27). The van der Waals surface area contributed by atoms with Crippen molar-refractivity contribution in [2.45, 2.75) is 19.4 Å². The Morgan fingerprint density at radius 2 is 1.96 bits per heavy atom. The van der Waals surface area contributed by atoms with Gasteiger partial charge in [-0.2, -0.15) is 5.10 Å². The van der Waals surface area contributed by atoms with Crippen LogP contribution in [0.5, 0.6) is 0 Å². The zero-order valence-electron chi connectivity index (χ0n) is 14.7. The van der Waals surface area contributed by atoms with Gasteiger partial charge in [0.05, 0.1) is 5.52 Å². The van der Waals surface area contributed by atoms with Crippen molar-refractivity contribution in [3.05, 3.63) is 59.3 Å². The van der Waals surface area contributed by atoms with Gasteiger partial charge in [0, 0.05) is 11.1 Å². The molecule has 0 bridgehead atoms. The minimum atomic E-state index is -1.19. The van der Waals surface area contributed by atoms with E-state index in [2.05, 4.69) is 26.1 Å². The largest absolute Gasteiger partial charge is 0.322 e. The second-order valence-electron chi connectivity index (χ2n) is 6.69. The molecule has 0 saturated carbocycles. The molecule has 4 rings (SSSR count). The van der Waals surface area contributed by atoms with Crippen LogP contribution in [0.4, 0.5) is 10.5 Å². The summed E-state index contributed by atoms with van der Waals surface area (Å²) in [7, 11) is 0. The number of imide groups is 1. The predicted octanol–water partition coefficient (Wildman–Crippen LogP) is 2.18. The highest BCUT2D eigenvalue weighted by Crippen LogP contribution is 2.27. The molecule has 1 aromatic heterocycles. The lowest BCUT2D eigenvalue weighted by Crippen LogP contribution is -2.40. The number of carbonyl (C=O) groups is 3. The summed E-state index contributed by atoms with van der Waals surface area (Å²) in [6.45, 7) is 3.55. The van der Waals surface area contributed by atoms with Crippen molar-refractivity contribution in [2.75, 3.05) is 5.32 Å². The summed E-state index contributed by atoms with van der Waals surface area (Å²) in [6, 6.07) is 11.9. The predicted molar refractivity (Wildman–Crippen MR) is 99.3 cm³/mol. The average Bonchev–Trinajstić information content (AvgIpc) is 3.15. The summed E-state index contributed by atoms with van der Waals surface area (Å²) in [6.07, 6.45) is 0. The van der Waals surface area contributed by atoms with Crippen LogP contribution >= 0.6 is 0 Å². The number of amides is 4. The molecule has 1 saturated heterocycles. The van der Waals surface area contributed by atoms with Crippen LogP contribution in [0.1, 0.15) is 28.5 Å². The number of aryl methyl sites for hydroxylation is 1. The van der Waals surface area contributed by atoms with Crippen LogP contribution in [-0.2, 0) is 10.3 Å². The van der Waals surface area contributed by atoms with Gasteiger partial charge in [-0.25, -0.2) is 4.79 Å². The number of nitrogens with zero attached hydrogens (tertiary/aromatic N) is 1. The van der Waals surface area contributed by atoms with Crippen molar-refractivity contribution in [1.29, 1.82) is 0 Å². The zero-order chi connectivity index (χ0) is 19.2. The average molecular weight is 363 g/mol. The summed E-state index contributed by atoms with van der Waals surface area (Å²) in [5.74, 6) is -0.807. The Hall–Kier alpha value is -3.68. The van der Waals surface area contributed by atoms with E-state index in [4.69, 9.17) is 0 Å². The Morgan fingerprint density at radius 1 is 1.15 bits per heavy atom. The summed E-state index contributed by atoms with van der Waals surface area (Å²) in [5.41, 5.74) is 1.96. The molecule has 0 radical (unpaired) electrons. The summed E-state index contributed by atoms with van der Waals surface area (Å²) < 4.78 is 0. The van der Waals surface area contributed by atoms with Crippen LogP contribution in [0.3, 0.4) is 0 Å². The normalized spacial score (nSPS) is 19.0. The van der Waals surface area contributed by atoms with Crippen LogP contribution in [0, 0.1) is 6.92 Å². The number of urea groups is 1. The lowest BCUT2D eigenvalue weighted by Gasteiger charge is -2.21. The van der Waals surface area contributed by atoms with Crippen LogP contribution in [0.2, 0.25) is 0 Å². The van der Waals surface area contributed by atoms with Gasteiger partial charge in [0.2, 0.25) is 0 Å². The Labute approximate surface area is 154 Å². The summed E-state index contributed by atoms with van der Waals surface area (Å²) in [5, 5.41) is 15.3. The minimum Gasteiger partial charge on any atom is -0.321 e. The van der Waals surface area contributed by atoms with Gasteiger partial charge in [0.25, 0.3) is 11.8 Å². The van der Waals surface area contributed by atoms with E-state index in [0.29, 0.717) is 11.3 Å². The topological polar surface area (TPSA) is 116 Å². The molecule has 4 amide bonds. The van der Waals surface area contributed by atoms with Gasteiger partial charge in [-0.3, -0.25) is 20.0 Å². The molecule has 27 heavy (non-hydrogen) atoms. The second kappa shape index (κ2) is 5.94. The lowest BCUT2D eigenvalue weighted by atomic mass is 9.92. The van der Waals surface area contributed by atoms with Gasteiger partial charge >= 0.3 is 6.03 Å². The number of hydrogen-bond acceptors (Lipinski definition) is 4. The Bertz CT molecular complexity index is 1100. The fourth-order valence-corrected chi connectivity index (χ4v) is 3.15. The Kier molecular flexibility index (Phi) is 3.69. The molecule has 8 nitrogen and oxygen atoms in total. The molecule has 2 aromatic carbocycles. The van der Waals surface area contributed by atoms with Gasteiger partial charge < -0.3 is 10.6 Å². The first-order valence-corrected chi connectivity index (χ1v) is 8.37. The van der Waals surface area contributed by atoms with Gasteiger partial charge in [-0.1, -0.05) is 23.8 Å². The first-order chi connectivity index (χ1) is 12.9. The number of rotatable bonds is 3. The van der Waals surface area contributed by atoms with Crippen molar-refractivity contribution in [3.8, 4) is 0 Å². The van der Waals surface area contributed by atoms with E-state index in [1.165, 1.54) is 0 Å². The van der Waals surface area contributed by atoms with Crippen molar-refractivity contribution in [1.82, 2.24) is 20.8 Å². The van der Waals surface area contributed by atoms with E-state index >= 15 is 0 Å². The van der Waals surface area contributed by atoms with Crippen molar-refractivity contribution in [2.24, 2.45) is 0 Å². The number of anilines is 1. The van der Waals surface area contributed by atoms with E-state index in [9.17, 15) is 14.4 Å². The molecule has 1 aliphatic heterocycles. The van der Waals surface area contributed by atoms with E-state index in [-0.39, 0.29) is 11.6 Å². The summed E-state index contributed by atoms with van der Waals surface area (Å²) in [4.78, 5) is 36.3. The number of carbonyl (C=O) groups excluding carboxylic acids is 3. The van der Waals surface area contributed by atoms with E-state index < -0.39 is 17.5 Å². The molecule has 4 N–H and O–H groups in total. The van der Waals surface area contributed by atoms with Crippen LogP contribution in [0.15, 0.2) is 42.5 Å². The van der Waals surface area contributed by atoms with E-state index in [1.807, 2.05) is 25.1 Å². The highest BCUT2D eigenvalue weighted by molar-refractivity contribution is 6.11. The third-order valence-electron chi connectivity index (χ3n) is 4.68. The molecular formula is C19H17N5O3. The first-order valence-electron chi connectivity index (χ1n) is 8.37. The number of hydrogen-bond donors (Lipinski definition) is 4. The van der Waals surface area contributed by atoms with Crippen LogP contribution in [-0.4, -0.2) is 28.0 Å². The van der Waals surface area contributed by atoms with Crippen molar-refractivity contribution < 1.29 is 14.4 Å². The van der Waals surface area contributed by atoms with Crippen LogP contribution in [0.25, 0.3) is 10.9 Å². The highest BCUT2D eigenvalue weighted by atomic mass is 16.2. The maximum absolute atomic E-state index is 12.7. The van der Waals surface area contributed by atoms with Gasteiger partial charge in [0.15, 0.2) is 5.69 Å². The molecule has 136 valence electrons. The highest BCUT2D eigenvalue weighted by Gasteiger charge is 2.43. The number of aromatic amines is 1. The monoisotopic (exact) mass is 363 g/mol. The maximum Gasteiger partial charge on any atom is 0.322 e. The quantitative estimate of drug-likeness (QED) is 0.534. The lowest BCUT2D eigenvalue weighted by molar-refractivity contribution is -0.123. The molecule has 1 fully saturated rings. The number of nitrogens with one attached hydrogen (secondary N) is 4. The van der Waals surface area contributed by atoms with E-state index in [1.54, 1.807) is 31.2 Å². The van der Waals surface area contributed by atoms with Gasteiger partial charge in [-0.05, 0) is 43.7 Å². The van der Waals surface area contributed by atoms with Crippen molar-refractivity contribution >= 4 is 34.4 Å². The fraction of sp³-hybridized carbons (Fsp3) is 0.158. The molecule has 2 heterocycles. The molecule has 0 spiro atoms. The van der Waals surface area contributed by atoms with Crippen LogP contribution < -0.4 is 16.0 Å². The van der Waals surface area contributed by atoms with Crippen molar-refractivity contribution in [3.63, 3.8) is 0 Å². The maximum atomic E-state index is 12.7. The third kappa shape index (κ3) is 2.80. The number of benzene rings is 2. The van der Waals surface area contributed by atoms with E-state index in [0.717, 1.165) is 16.5 Å². The smallest absolute Gasteiger partial charge is 0.321 e. The zero-order valence-corrected chi connectivity index (χ0v) is 14.7. The number of H-pyrrole nitrogens is 1. The fourth-order valence-electron chi connectivity index (χ4n) is 3.15. The number of fused-ring (bicyclic) bond motifs is 1. The van der Waals surface area contributed by atoms with Gasteiger partial charge in [-0.15, -0.1) is 0 Å². The molecule has 1 atom stereocenters. The Balaban J connectivity index is 1.63. The molecule has 8 heteroatoms.